The van der Waals surface area contributed by atoms with E-state index in [1.165, 1.54) is 14.0 Å². The Bertz CT molecular complexity index is 932. The Morgan fingerprint density at radius 3 is 2.28 bits per heavy atom. The minimum atomic E-state index is -3.43. The van der Waals surface area contributed by atoms with Gasteiger partial charge in [0.2, 0.25) is 15.9 Å². The van der Waals surface area contributed by atoms with E-state index < -0.39 is 28.1 Å². The molecule has 2 rings (SSSR count). The molecule has 0 fully saturated rings. The Balaban J connectivity index is 1.85. The molecule has 156 valence electrons. The fourth-order valence-corrected chi connectivity index (χ4v) is 3.33. The maximum Gasteiger partial charge on any atom is 0.408 e. The molecule has 0 aromatic heterocycles. The summed E-state index contributed by atoms with van der Waals surface area (Å²) < 4.78 is 30.9. The Labute approximate surface area is 170 Å². The second-order valence-electron chi connectivity index (χ2n) is 6.38. The van der Waals surface area contributed by atoms with E-state index in [2.05, 4.69) is 15.4 Å². The van der Waals surface area contributed by atoms with E-state index in [1.807, 2.05) is 30.3 Å². The van der Waals surface area contributed by atoms with E-state index in [0.717, 1.165) is 5.56 Å². The average molecular weight is 420 g/mol. The highest BCUT2D eigenvalue weighted by molar-refractivity contribution is 7.88. The van der Waals surface area contributed by atoms with Gasteiger partial charge in [0.15, 0.2) is 0 Å². The van der Waals surface area contributed by atoms with Crippen LogP contribution < -0.4 is 15.4 Å². The number of nitrogens with one attached hydrogen (secondary N) is 3. The molecule has 29 heavy (non-hydrogen) atoms. The van der Waals surface area contributed by atoms with Crippen LogP contribution in [0.15, 0.2) is 54.6 Å². The molecule has 0 unspecified atom stereocenters. The fourth-order valence-electron chi connectivity index (χ4n) is 2.49. The van der Waals surface area contributed by atoms with Gasteiger partial charge in [-0.2, -0.15) is 0 Å². The number of sulfonamides is 1. The van der Waals surface area contributed by atoms with Crippen molar-refractivity contribution >= 4 is 22.0 Å². The number of benzene rings is 2. The molecule has 0 spiro atoms. The third kappa shape index (κ3) is 7.55. The molecule has 9 heteroatoms. The van der Waals surface area contributed by atoms with Gasteiger partial charge in [-0.05, 0) is 30.7 Å². The monoisotopic (exact) mass is 419 g/mol. The topological polar surface area (TPSA) is 114 Å². The van der Waals surface area contributed by atoms with Crippen LogP contribution in [0.1, 0.15) is 23.6 Å². The van der Waals surface area contributed by atoms with Crippen molar-refractivity contribution in [3.8, 4) is 0 Å². The second-order valence-corrected chi connectivity index (χ2v) is 8.30. The molecule has 2 aromatic carbocycles. The van der Waals surface area contributed by atoms with Gasteiger partial charge in [-0.25, -0.2) is 17.9 Å². The minimum absolute atomic E-state index is 0.105. The van der Waals surface area contributed by atoms with E-state index in [0.29, 0.717) is 11.1 Å². The van der Waals surface area contributed by atoms with Crippen molar-refractivity contribution in [2.45, 2.75) is 31.9 Å². The maximum absolute atomic E-state index is 12.3. The van der Waals surface area contributed by atoms with Gasteiger partial charge in [-0.15, -0.1) is 0 Å². The quantitative estimate of drug-likeness (QED) is 0.572. The molecule has 8 nitrogen and oxygen atoms in total. The van der Waals surface area contributed by atoms with Crippen LogP contribution in [-0.4, -0.2) is 33.5 Å². The number of amides is 2. The van der Waals surface area contributed by atoms with Crippen LogP contribution in [0.4, 0.5) is 4.79 Å². The lowest BCUT2D eigenvalue weighted by molar-refractivity contribution is -0.122. The summed E-state index contributed by atoms with van der Waals surface area (Å²) in [4.78, 5) is 24.1. The SMILES string of the molecule is CNS(=O)(=O)Cc1ccccc1CNC(=O)[C@@H](C)NC(=O)OCc1ccccc1. The van der Waals surface area contributed by atoms with E-state index >= 15 is 0 Å². The van der Waals surface area contributed by atoms with Crippen molar-refractivity contribution in [2.75, 3.05) is 7.05 Å². The first-order valence-electron chi connectivity index (χ1n) is 9.03. The molecule has 3 N–H and O–H groups in total. The number of ether oxygens (including phenoxy) is 1. The Morgan fingerprint density at radius 2 is 1.62 bits per heavy atom. The summed E-state index contributed by atoms with van der Waals surface area (Å²) >= 11 is 0. The Morgan fingerprint density at radius 1 is 1.00 bits per heavy atom. The zero-order valence-electron chi connectivity index (χ0n) is 16.3. The molecule has 0 aliphatic rings. The van der Waals surface area contributed by atoms with Gasteiger partial charge in [0.25, 0.3) is 0 Å². The van der Waals surface area contributed by atoms with Crippen LogP contribution in [0, 0.1) is 0 Å². The van der Waals surface area contributed by atoms with Crippen LogP contribution in [0.25, 0.3) is 0 Å². The van der Waals surface area contributed by atoms with Gasteiger partial charge in [0.05, 0.1) is 5.75 Å². The van der Waals surface area contributed by atoms with E-state index in [4.69, 9.17) is 4.74 Å². The molecule has 0 heterocycles. The second kappa shape index (κ2) is 10.6. The minimum Gasteiger partial charge on any atom is -0.445 e. The van der Waals surface area contributed by atoms with Gasteiger partial charge >= 0.3 is 6.09 Å². The smallest absolute Gasteiger partial charge is 0.408 e. The van der Waals surface area contributed by atoms with Gasteiger partial charge in [-0.3, -0.25) is 4.79 Å². The maximum atomic E-state index is 12.3. The first-order valence-corrected chi connectivity index (χ1v) is 10.7. The molecule has 1 atom stereocenters. The molecule has 0 aliphatic carbocycles. The standard InChI is InChI=1S/C20H25N3O5S/c1-15(23-20(25)28-13-16-8-4-3-5-9-16)19(24)22-12-17-10-6-7-11-18(17)14-29(26,27)21-2/h3-11,15,21H,12-14H2,1-2H3,(H,22,24)(H,23,25)/t15-/m1/s1. The molecule has 0 radical (unpaired) electrons. The Hall–Kier alpha value is -2.91. The fraction of sp³-hybridized carbons (Fsp3) is 0.300. The summed E-state index contributed by atoms with van der Waals surface area (Å²) in [5.41, 5.74) is 2.11. The average Bonchev–Trinajstić information content (AvgIpc) is 2.72. The lowest BCUT2D eigenvalue weighted by atomic mass is 10.1. The van der Waals surface area contributed by atoms with E-state index in [-0.39, 0.29) is 18.9 Å². The van der Waals surface area contributed by atoms with Crippen LogP contribution in [0.2, 0.25) is 0 Å². The summed E-state index contributed by atoms with van der Waals surface area (Å²) in [5, 5.41) is 5.17. The highest BCUT2D eigenvalue weighted by Gasteiger charge is 2.17. The highest BCUT2D eigenvalue weighted by atomic mass is 32.2. The summed E-state index contributed by atoms with van der Waals surface area (Å²) in [6.45, 7) is 1.78. The molecule has 0 saturated heterocycles. The van der Waals surface area contributed by atoms with Crippen molar-refractivity contribution in [1.82, 2.24) is 15.4 Å². The first kappa shape index (κ1) is 22.4. The molecule has 0 aliphatic heterocycles. The molecular formula is C20H25N3O5S. The lowest BCUT2D eigenvalue weighted by Crippen LogP contribution is -2.44. The van der Waals surface area contributed by atoms with E-state index in [9.17, 15) is 18.0 Å². The van der Waals surface area contributed by atoms with Crippen LogP contribution in [-0.2, 0) is 38.5 Å². The van der Waals surface area contributed by atoms with Gasteiger partial charge in [-0.1, -0.05) is 54.6 Å². The van der Waals surface area contributed by atoms with Gasteiger partial charge < -0.3 is 15.4 Å². The number of hydrogen-bond donors (Lipinski definition) is 3. The number of rotatable bonds is 9. The summed E-state index contributed by atoms with van der Waals surface area (Å²) in [6.07, 6.45) is -0.697. The summed E-state index contributed by atoms with van der Waals surface area (Å²) in [7, 11) is -2.08. The third-order valence-corrected chi connectivity index (χ3v) is 5.48. The van der Waals surface area contributed by atoms with Crippen molar-refractivity contribution in [1.29, 1.82) is 0 Å². The summed E-state index contributed by atoms with van der Waals surface area (Å²) in [5.74, 6) is -0.595. The van der Waals surface area contributed by atoms with Crippen LogP contribution in [0.5, 0.6) is 0 Å². The molecule has 2 aromatic rings. The predicted molar refractivity (Wildman–Crippen MR) is 109 cm³/mol. The lowest BCUT2D eigenvalue weighted by Gasteiger charge is -2.15. The zero-order chi connectivity index (χ0) is 21.3. The Kier molecular flexibility index (Phi) is 8.17. The highest BCUT2D eigenvalue weighted by Crippen LogP contribution is 2.12. The van der Waals surface area contributed by atoms with Gasteiger partial charge in [0.1, 0.15) is 12.6 Å². The normalized spacial score (nSPS) is 12.1. The number of carbonyl (C=O) groups is 2. The van der Waals surface area contributed by atoms with Crippen molar-refractivity contribution < 1.29 is 22.7 Å². The molecular weight excluding hydrogens is 394 g/mol. The molecule has 0 bridgehead atoms. The van der Waals surface area contributed by atoms with Gasteiger partial charge in [0, 0.05) is 6.54 Å². The predicted octanol–water partition coefficient (Wildman–Crippen LogP) is 1.67. The summed E-state index contributed by atoms with van der Waals surface area (Å²) in [6, 6.07) is 15.3. The number of hydrogen-bond acceptors (Lipinski definition) is 5. The van der Waals surface area contributed by atoms with Crippen molar-refractivity contribution in [2.24, 2.45) is 0 Å². The van der Waals surface area contributed by atoms with Crippen LogP contribution in [0.3, 0.4) is 0 Å². The molecule has 2 amide bonds. The molecule has 0 saturated carbocycles. The largest absolute Gasteiger partial charge is 0.445 e. The number of alkyl carbamates (subject to hydrolysis) is 1. The van der Waals surface area contributed by atoms with Crippen LogP contribution >= 0.6 is 0 Å². The van der Waals surface area contributed by atoms with Crippen molar-refractivity contribution in [3.05, 3.63) is 71.3 Å². The third-order valence-electron chi connectivity index (χ3n) is 4.17. The number of carbonyl (C=O) groups excluding carboxylic acids is 2. The van der Waals surface area contributed by atoms with E-state index in [1.54, 1.807) is 24.3 Å². The zero-order valence-corrected chi connectivity index (χ0v) is 17.2. The van der Waals surface area contributed by atoms with Crippen molar-refractivity contribution in [3.63, 3.8) is 0 Å². The first-order chi connectivity index (χ1) is 13.8.